The van der Waals surface area contributed by atoms with Gasteiger partial charge in [-0.15, -0.1) is 11.3 Å². The second-order valence-electron chi connectivity index (χ2n) is 4.69. The molecular formula is C17H16N2O3S. The molecule has 0 aliphatic rings. The zero-order valence-corrected chi connectivity index (χ0v) is 13.9. The first-order chi connectivity index (χ1) is 11.2. The average molecular weight is 328 g/mol. The number of benzene rings is 1. The molecule has 0 unspecified atom stereocenters. The highest BCUT2D eigenvalue weighted by Gasteiger charge is 2.11. The van der Waals surface area contributed by atoms with Gasteiger partial charge >= 0.3 is 0 Å². The summed E-state index contributed by atoms with van der Waals surface area (Å²) in [6.07, 6.45) is 1.71. The summed E-state index contributed by atoms with van der Waals surface area (Å²) in [7, 11) is 4.84. The number of rotatable bonds is 5. The predicted octanol–water partition coefficient (Wildman–Crippen LogP) is 3.90. The van der Waals surface area contributed by atoms with Crippen molar-refractivity contribution in [2.24, 2.45) is 0 Å². The van der Waals surface area contributed by atoms with E-state index in [1.54, 1.807) is 38.9 Å². The molecule has 0 radical (unpaired) electrons. The minimum absolute atomic E-state index is 0.574. The Balaban J connectivity index is 1.95. The largest absolute Gasteiger partial charge is 0.493 e. The second-order valence-corrected chi connectivity index (χ2v) is 5.55. The van der Waals surface area contributed by atoms with Gasteiger partial charge in [-0.2, -0.15) is 0 Å². The van der Waals surface area contributed by atoms with Gasteiger partial charge in [-0.3, -0.25) is 0 Å². The number of nitrogens with zero attached hydrogens (tertiary/aromatic N) is 2. The van der Waals surface area contributed by atoms with E-state index in [9.17, 15) is 0 Å². The summed E-state index contributed by atoms with van der Waals surface area (Å²) < 4.78 is 15.8. The average Bonchev–Trinajstić information content (AvgIpc) is 3.11. The quantitative estimate of drug-likeness (QED) is 0.711. The molecule has 23 heavy (non-hydrogen) atoms. The predicted molar refractivity (Wildman–Crippen MR) is 90.4 cm³/mol. The smallest absolute Gasteiger partial charge is 0.213 e. The molecule has 0 saturated heterocycles. The molecule has 0 atom stereocenters. The lowest BCUT2D eigenvalue weighted by Gasteiger charge is -2.08. The minimum atomic E-state index is 0.574. The third-order valence-corrected chi connectivity index (χ3v) is 4.27. The van der Waals surface area contributed by atoms with E-state index in [2.05, 4.69) is 4.98 Å². The molecule has 0 fully saturated rings. The highest BCUT2D eigenvalue weighted by Crippen LogP contribution is 2.34. The standard InChI is InChI=1S/C17H16N2O3S/c1-20-14-5-4-11(8-15(14)21-2)13-10-23-17(19-13)12-6-7-18-16(9-12)22-3/h4-10H,1-3H3. The molecule has 0 saturated carbocycles. The van der Waals surface area contributed by atoms with Crippen LogP contribution in [0.1, 0.15) is 0 Å². The Kier molecular flexibility index (Phi) is 4.43. The molecular weight excluding hydrogens is 312 g/mol. The molecule has 118 valence electrons. The van der Waals surface area contributed by atoms with Crippen molar-refractivity contribution >= 4 is 11.3 Å². The van der Waals surface area contributed by atoms with E-state index in [0.717, 1.165) is 21.8 Å². The Morgan fingerprint density at radius 3 is 2.43 bits per heavy atom. The summed E-state index contributed by atoms with van der Waals surface area (Å²) in [5, 5.41) is 2.93. The molecule has 3 aromatic rings. The lowest BCUT2D eigenvalue weighted by Crippen LogP contribution is -1.91. The third-order valence-electron chi connectivity index (χ3n) is 3.37. The summed E-state index contributed by atoms with van der Waals surface area (Å²) in [5.74, 6) is 1.96. The lowest BCUT2D eigenvalue weighted by molar-refractivity contribution is 0.355. The molecule has 0 aliphatic carbocycles. The molecule has 0 aliphatic heterocycles. The minimum Gasteiger partial charge on any atom is -0.493 e. The summed E-state index contributed by atoms with van der Waals surface area (Å²) in [4.78, 5) is 8.81. The number of thiazole rings is 1. The SMILES string of the molecule is COc1cc(-c2nc(-c3ccc(OC)c(OC)c3)cs2)ccn1. The Morgan fingerprint density at radius 2 is 1.70 bits per heavy atom. The van der Waals surface area contributed by atoms with Crippen molar-refractivity contribution in [2.75, 3.05) is 21.3 Å². The zero-order chi connectivity index (χ0) is 16.2. The van der Waals surface area contributed by atoms with E-state index in [4.69, 9.17) is 19.2 Å². The van der Waals surface area contributed by atoms with Gasteiger partial charge in [-0.1, -0.05) is 0 Å². The van der Waals surface area contributed by atoms with Gasteiger partial charge in [0.1, 0.15) is 5.01 Å². The van der Waals surface area contributed by atoms with Gasteiger partial charge in [0.15, 0.2) is 11.5 Å². The van der Waals surface area contributed by atoms with Crippen LogP contribution in [0.5, 0.6) is 17.4 Å². The van der Waals surface area contributed by atoms with Gasteiger partial charge in [-0.25, -0.2) is 9.97 Å². The fourth-order valence-electron chi connectivity index (χ4n) is 2.19. The van der Waals surface area contributed by atoms with Crippen LogP contribution in [0.4, 0.5) is 0 Å². The van der Waals surface area contributed by atoms with Crippen LogP contribution < -0.4 is 14.2 Å². The maximum atomic E-state index is 5.35. The highest BCUT2D eigenvalue weighted by molar-refractivity contribution is 7.13. The van der Waals surface area contributed by atoms with Crippen molar-refractivity contribution < 1.29 is 14.2 Å². The van der Waals surface area contributed by atoms with Crippen LogP contribution in [0.15, 0.2) is 41.9 Å². The van der Waals surface area contributed by atoms with Gasteiger partial charge in [0.05, 0.1) is 27.0 Å². The van der Waals surface area contributed by atoms with Crippen LogP contribution >= 0.6 is 11.3 Å². The summed E-state index contributed by atoms with van der Waals surface area (Å²) in [5.41, 5.74) is 2.85. The van der Waals surface area contributed by atoms with Gasteiger partial charge in [-0.05, 0) is 24.3 Å². The van der Waals surface area contributed by atoms with Crippen LogP contribution in [0.25, 0.3) is 21.8 Å². The summed E-state index contributed by atoms with van der Waals surface area (Å²) in [6, 6.07) is 9.55. The topological polar surface area (TPSA) is 53.5 Å². The first kappa shape index (κ1) is 15.3. The number of methoxy groups -OCH3 is 3. The second kappa shape index (κ2) is 6.66. The molecule has 1 aromatic carbocycles. The number of aromatic nitrogens is 2. The summed E-state index contributed by atoms with van der Waals surface area (Å²) in [6.45, 7) is 0. The van der Waals surface area contributed by atoms with Crippen LogP contribution in [0, 0.1) is 0 Å². The number of hydrogen-bond donors (Lipinski definition) is 0. The molecule has 6 heteroatoms. The van der Waals surface area contributed by atoms with Crippen molar-refractivity contribution in [3.8, 4) is 39.2 Å². The van der Waals surface area contributed by atoms with Crippen molar-refractivity contribution in [3.63, 3.8) is 0 Å². The first-order valence-corrected chi connectivity index (χ1v) is 7.81. The van der Waals surface area contributed by atoms with E-state index in [1.807, 2.05) is 35.7 Å². The lowest BCUT2D eigenvalue weighted by atomic mass is 10.1. The van der Waals surface area contributed by atoms with Crippen molar-refractivity contribution in [2.45, 2.75) is 0 Å². The molecule has 2 heterocycles. The molecule has 0 amide bonds. The van der Waals surface area contributed by atoms with E-state index >= 15 is 0 Å². The van der Waals surface area contributed by atoms with E-state index in [-0.39, 0.29) is 0 Å². The zero-order valence-electron chi connectivity index (χ0n) is 13.1. The molecule has 5 nitrogen and oxygen atoms in total. The fourth-order valence-corrected chi connectivity index (χ4v) is 3.01. The molecule has 2 aromatic heterocycles. The highest BCUT2D eigenvalue weighted by atomic mass is 32.1. The maximum Gasteiger partial charge on any atom is 0.213 e. The Morgan fingerprint density at radius 1 is 0.870 bits per heavy atom. The molecule has 3 rings (SSSR count). The Labute approximate surface area is 138 Å². The first-order valence-electron chi connectivity index (χ1n) is 6.93. The van der Waals surface area contributed by atoms with E-state index < -0.39 is 0 Å². The van der Waals surface area contributed by atoms with Gasteiger partial charge in [0.2, 0.25) is 5.88 Å². The van der Waals surface area contributed by atoms with Gasteiger partial charge in [0, 0.05) is 28.8 Å². The Bertz CT molecular complexity index is 817. The number of ether oxygens (including phenoxy) is 3. The van der Waals surface area contributed by atoms with E-state index in [1.165, 1.54) is 0 Å². The fraction of sp³-hybridized carbons (Fsp3) is 0.176. The van der Waals surface area contributed by atoms with Crippen molar-refractivity contribution in [3.05, 3.63) is 41.9 Å². The van der Waals surface area contributed by atoms with Crippen molar-refractivity contribution in [1.29, 1.82) is 0 Å². The molecule has 0 N–H and O–H groups in total. The van der Waals surface area contributed by atoms with Crippen LogP contribution in [-0.4, -0.2) is 31.3 Å². The van der Waals surface area contributed by atoms with Crippen LogP contribution in [0.2, 0.25) is 0 Å². The number of hydrogen-bond acceptors (Lipinski definition) is 6. The normalized spacial score (nSPS) is 10.4. The monoisotopic (exact) mass is 328 g/mol. The Hall–Kier alpha value is -2.60. The summed E-state index contributed by atoms with van der Waals surface area (Å²) >= 11 is 1.57. The van der Waals surface area contributed by atoms with Crippen LogP contribution in [0.3, 0.4) is 0 Å². The number of pyridine rings is 1. The van der Waals surface area contributed by atoms with Crippen molar-refractivity contribution in [1.82, 2.24) is 9.97 Å². The molecule has 0 spiro atoms. The van der Waals surface area contributed by atoms with Crippen LogP contribution in [-0.2, 0) is 0 Å². The van der Waals surface area contributed by atoms with Gasteiger partial charge in [0.25, 0.3) is 0 Å². The van der Waals surface area contributed by atoms with Gasteiger partial charge < -0.3 is 14.2 Å². The third kappa shape index (κ3) is 3.12. The molecule has 0 bridgehead atoms. The maximum absolute atomic E-state index is 5.35. The van der Waals surface area contributed by atoms with E-state index in [0.29, 0.717) is 17.4 Å².